The fraction of sp³-hybridized carbons (Fsp3) is 0.419. The summed E-state index contributed by atoms with van der Waals surface area (Å²) in [5, 5.41) is 2.95. The molecule has 1 amide bonds. The fourth-order valence-electron chi connectivity index (χ4n) is 6.50. The van der Waals surface area contributed by atoms with Gasteiger partial charge in [0, 0.05) is 32.1 Å². The number of halogens is 1. The molecule has 4 heterocycles. The Morgan fingerprint density at radius 1 is 1.10 bits per heavy atom. The number of aromatic nitrogens is 4. The number of amides is 1. The molecule has 4 aromatic rings. The van der Waals surface area contributed by atoms with Gasteiger partial charge in [-0.15, -0.1) is 0 Å². The topological polar surface area (TPSA) is 76.4 Å². The fourth-order valence-corrected chi connectivity index (χ4v) is 6.68. The van der Waals surface area contributed by atoms with E-state index < -0.39 is 0 Å². The molecule has 3 aromatic heterocycles. The molecule has 1 unspecified atom stereocenters. The first-order valence-electron chi connectivity index (χ1n) is 14.0. The molecule has 208 valence electrons. The first kappa shape index (κ1) is 26.7. The van der Waals surface area contributed by atoms with Gasteiger partial charge in [0.05, 0.1) is 30.3 Å². The predicted octanol–water partition coefficient (Wildman–Crippen LogP) is 5.54. The summed E-state index contributed by atoms with van der Waals surface area (Å²) in [7, 11) is 3.45. The Balaban J connectivity index is 1.59. The quantitative estimate of drug-likeness (QED) is 0.320. The minimum atomic E-state index is -0.380. The highest BCUT2D eigenvalue weighted by Crippen LogP contribution is 2.46. The van der Waals surface area contributed by atoms with E-state index in [4.69, 9.17) is 26.3 Å². The number of carbonyl (C=O) groups is 1. The zero-order valence-electron chi connectivity index (χ0n) is 23.3. The summed E-state index contributed by atoms with van der Waals surface area (Å²) in [6.45, 7) is 4.25. The van der Waals surface area contributed by atoms with Crippen LogP contribution in [-0.4, -0.2) is 64.3 Å². The van der Waals surface area contributed by atoms with Crippen LogP contribution in [0.5, 0.6) is 0 Å². The Kier molecular flexibility index (Phi) is 7.23. The second-order valence-corrected chi connectivity index (χ2v) is 11.8. The van der Waals surface area contributed by atoms with Crippen molar-refractivity contribution in [3.8, 4) is 11.3 Å². The Morgan fingerprint density at radius 2 is 1.88 bits per heavy atom. The van der Waals surface area contributed by atoms with Crippen LogP contribution < -0.4 is 5.01 Å². The number of ether oxygens (including phenoxy) is 1. The molecule has 1 saturated carbocycles. The van der Waals surface area contributed by atoms with Crippen molar-refractivity contribution in [2.24, 2.45) is 11.8 Å². The summed E-state index contributed by atoms with van der Waals surface area (Å²) in [6, 6.07) is 14.4. The van der Waals surface area contributed by atoms with Crippen LogP contribution in [0.3, 0.4) is 0 Å². The highest BCUT2D eigenvalue weighted by atomic mass is 35.5. The molecule has 1 aliphatic heterocycles. The molecule has 2 fully saturated rings. The number of nitrogens with zero attached hydrogens (tertiary/aromatic N) is 6. The lowest BCUT2D eigenvalue weighted by atomic mass is 9.68. The van der Waals surface area contributed by atoms with Gasteiger partial charge in [0.15, 0.2) is 0 Å². The van der Waals surface area contributed by atoms with E-state index in [1.807, 2.05) is 12.4 Å². The summed E-state index contributed by atoms with van der Waals surface area (Å²) in [5.74, 6) is 0.951. The van der Waals surface area contributed by atoms with Crippen LogP contribution in [0.4, 0.5) is 0 Å². The highest BCUT2D eigenvalue weighted by molar-refractivity contribution is 6.30. The molecule has 0 radical (unpaired) electrons. The standard InChI is InChI=1S/C31H35ClN6O2/c1-21-9-11-24(12-10-21)31(23-7-5-4-6-8-23)19-40-14-13-38(31)37-20-34-26-16-27(30(39)36(2)3)35-28(29(26)37)22-15-25(32)18-33-17-22/h4-8,15-18,20-21,24H,9-14,19H2,1-3H3. The summed E-state index contributed by atoms with van der Waals surface area (Å²) in [6.07, 6.45) is 9.87. The van der Waals surface area contributed by atoms with E-state index in [1.165, 1.54) is 23.3 Å². The lowest BCUT2D eigenvalue weighted by Gasteiger charge is -2.54. The maximum absolute atomic E-state index is 13.0. The summed E-state index contributed by atoms with van der Waals surface area (Å²) in [4.78, 5) is 28.6. The van der Waals surface area contributed by atoms with Crippen molar-refractivity contribution in [2.45, 2.75) is 38.1 Å². The third kappa shape index (κ3) is 4.63. The Morgan fingerprint density at radius 3 is 2.60 bits per heavy atom. The maximum Gasteiger partial charge on any atom is 0.272 e. The number of rotatable bonds is 5. The predicted molar refractivity (Wildman–Crippen MR) is 157 cm³/mol. The Hall–Kier alpha value is -3.49. The number of hydrogen-bond acceptors (Lipinski definition) is 6. The number of imidazole rings is 1. The van der Waals surface area contributed by atoms with Crippen LogP contribution in [0.25, 0.3) is 22.3 Å². The van der Waals surface area contributed by atoms with Crippen molar-refractivity contribution in [3.63, 3.8) is 0 Å². The van der Waals surface area contributed by atoms with Crippen LogP contribution in [-0.2, 0) is 10.3 Å². The zero-order chi connectivity index (χ0) is 27.9. The van der Waals surface area contributed by atoms with Gasteiger partial charge in [-0.05, 0) is 42.4 Å². The van der Waals surface area contributed by atoms with E-state index in [2.05, 4.69) is 51.9 Å². The molecule has 40 heavy (non-hydrogen) atoms. The molecule has 8 nitrogen and oxygen atoms in total. The third-order valence-corrected chi connectivity index (χ3v) is 8.77. The normalized spacial score (nSPS) is 23.4. The number of benzene rings is 1. The third-order valence-electron chi connectivity index (χ3n) is 8.57. The van der Waals surface area contributed by atoms with Gasteiger partial charge in [-0.2, -0.15) is 0 Å². The molecule has 1 aromatic carbocycles. The van der Waals surface area contributed by atoms with Crippen molar-refractivity contribution in [2.75, 3.05) is 38.9 Å². The lowest BCUT2D eigenvalue weighted by Crippen LogP contribution is -2.63. The van der Waals surface area contributed by atoms with E-state index in [0.717, 1.165) is 29.8 Å². The Bertz CT molecular complexity index is 1520. The summed E-state index contributed by atoms with van der Waals surface area (Å²) < 4.78 is 8.45. The van der Waals surface area contributed by atoms with Crippen molar-refractivity contribution in [1.29, 1.82) is 0 Å². The molecule has 1 saturated heterocycles. The molecule has 0 spiro atoms. The molecule has 1 atom stereocenters. The van der Waals surface area contributed by atoms with Gasteiger partial charge >= 0.3 is 0 Å². The van der Waals surface area contributed by atoms with Gasteiger partial charge in [0.1, 0.15) is 28.8 Å². The van der Waals surface area contributed by atoms with Crippen LogP contribution >= 0.6 is 11.6 Å². The average molecular weight is 559 g/mol. The van der Waals surface area contributed by atoms with Crippen molar-refractivity contribution in [3.05, 3.63) is 77.5 Å². The molecule has 2 aliphatic rings. The van der Waals surface area contributed by atoms with Gasteiger partial charge in [0.25, 0.3) is 5.91 Å². The van der Waals surface area contributed by atoms with Crippen molar-refractivity contribution in [1.82, 2.24) is 24.5 Å². The van der Waals surface area contributed by atoms with Crippen LogP contribution in [0.1, 0.15) is 48.7 Å². The minimum absolute atomic E-state index is 0.186. The monoisotopic (exact) mass is 558 g/mol. The van der Waals surface area contributed by atoms with Gasteiger partial charge in [-0.1, -0.05) is 61.7 Å². The van der Waals surface area contributed by atoms with E-state index in [1.54, 1.807) is 32.6 Å². The number of carbonyl (C=O) groups excluding carboxylic acids is 1. The second-order valence-electron chi connectivity index (χ2n) is 11.3. The Labute approximate surface area is 239 Å². The van der Waals surface area contributed by atoms with Crippen molar-refractivity contribution >= 4 is 28.5 Å². The van der Waals surface area contributed by atoms with Crippen LogP contribution in [0.2, 0.25) is 5.02 Å². The van der Waals surface area contributed by atoms with Gasteiger partial charge in [0.2, 0.25) is 0 Å². The number of morpholine rings is 1. The average Bonchev–Trinajstić information content (AvgIpc) is 3.41. The summed E-state index contributed by atoms with van der Waals surface area (Å²) >= 11 is 6.38. The van der Waals surface area contributed by atoms with Gasteiger partial charge < -0.3 is 9.64 Å². The molecular weight excluding hydrogens is 524 g/mol. The number of fused-ring (bicyclic) bond motifs is 1. The van der Waals surface area contributed by atoms with Crippen LogP contribution in [0.15, 0.2) is 61.2 Å². The van der Waals surface area contributed by atoms with E-state index in [-0.39, 0.29) is 11.4 Å². The van der Waals surface area contributed by atoms with Gasteiger partial charge in [-0.25, -0.2) is 14.6 Å². The SMILES string of the molecule is CC1CCC(C2(c3ccccc3)COCCN2n2cnc3cc(C(=O)N(C)C)nc(-c4cncc(Cl)c4)c32)CC1. The molecule has 0 bridgehead atoms. The second kappa shape index (κ2) is 10.8. The molecule has 0 N–H and O–H groups in total. The summed E-state index contributed by atoms with van der Waals surface area (Å²) in [5.41, 5.74) is 4.07. The minimum Gasteiger partial charge on any atom is -0.377 e. The molecule has 9 heteroatoms. The van der Waals surface area contributed by atoms with E-state index >= 15 is 0 Å². The number of hydrogen-bond donors (Lipinski definition) is 0. The highest BCUT2D eigenvalue weighted by Gasteiger charge is 2.49. The molecule has 1 aliphatic carbocycles. The van der Waals surface area contributed by atoms with Gasteiger partial charge in [-0.3, -0.25) is 14.8 Å². The molecule has 6 rings (SSSR count). The molecular formula is C31H35ClN6O2. The number of pyridine rings is 2. The lowest BCUT2D eigenvalue weighted by molar-refractivity contribution is -0.0103. The largest absolute Gasteiger partial charge is 0.377 e. The smallest absolute Gasteiger partial charge is 0.272 e. The first-order valence-corrected chi connectivity index (χ1v) is 14.4. The van der Waals surface area contributed by atoms with Crippen LogP contribution in [0, 0.1) is 11.8 Å². The maximum atomic E-state index is 13.0. The van der Waals surface area contributed by atoms with Crippen molar-refractivity contribution < 1.29 is 9.53 Å². The van der Waals surface area contributed by atoms with E-state index in [9.17, 15) is 4.79 Å². The zero-order valence-corrected chi connectivity index (χ0v) is 24.0. The first-order chi connectivity index (χ1) is 19.4. The van der Waals surface area contributed by atoms with E-state index in [0.29, 0.717) is 47.6 Å².